The largest absolute Gasteiger partial charge is 0.497 e. The van der Waals surface area contributed by atoms with Crippen LogP contribution in [0.2, 0.25) is 0 Å². The van der Waals surface area contributed by atoms with Gasteiger partial charge in [-0.1, -0.05) is 24.3 Å². The molecule has 0 spiro atoms. The Balaban J connectivity index is 1.51. The van der Waals surface area contributed by atoms with Gasteiger partial charge in [-0.2, -0.15) is 0 Å². The fraction of sp³-hybridized carbons (Fsp3) is 0.0909. The van der Waals surface area contributed by atoms with E-state index in [-0.39, 0.29) is 18.4 Å². The molecular weight excluding hydrogens is 356 g/mol. The second kappa shape index (κ2) is 9.23. The van der Waals surface area contributed by atoms with E-state index in [0.717, 1.165) is 5.69 Å². The summed E-state index contributed by atoms with van der Waals surface area (Å²) in [6, 6.07) is 22.9. The van der Waals surface area contributed by atoms with Gasteiger partial charge in [-0.15, -0.1) is 0 Å². The van der Waals surface area contributed by atoms with Crippen molar-refractivity contribution in [3.63, 3.8) is 0 Å². The molecule has 0 saturated carbocycles. The first kappa shape index (κ1) is 19.0. The molecule has 3 aromatic carbocycles. The van der Waals surface area contributed by atoms with E-state index in [1.165, 1.54) is 0 Å². The molecule has 0 aliphatic heterocycles. The molecule has 2 amide bonds. The molecule has 3 rings (SSSR count). The summed E-state index contributed by atoms with van der Waals surface area (Å²) in [7, 11) is 1.56. The Bertz CT molecular complexity index is 940. The predicted molar refractivity (Wildman–Crippen MR) is 108 cm³/mol. The highest BCUT2D eigenvalue weighted by atomic mass is 16.5. The van der Waals surface area contributed by atoms with E-state index in [2.05, 4.69) is 10.6 Å². The van der Waals surface area contributed by atoms with Crippen LogP contribution in [-0.4, -0.2) is 25.5 Å². The van der Waals surface area contributed by atoms with Crippen LogP contribution in [0.15, 0.2) is 78.9 Å². The van der Waals surface area contributed by atoms with E-state index in [4.69, 9.17) is 9.47 Å². The number of para-hydroxylation sites is 1. The summed E-state index contributed by atoms with van der Waals surface area (Å²) < 4.78 is 10.6. The molecule has 3 aromatic rings. The van der Waals surface area contributed by atoms with Crippen LogP contribution < -0.4 is 20.1 Å². The smallest absolute Gasteiger partial charge is 0.262 e. The fourth-order valence-electron chi connectivity index (χ4n) is 2.47. The van der Waals surface area contributed by atoms with Crippen molar-refractivity contribution in [2.24, 2.45) is 0 Å². The van der Waals surface area contributed by atoms with Gasteiger partial charge < -0.3 is 20.1 Å². The third kappa shape index (κ3) is 5.35. The first-order valence-corrected chi connectivity index (χ1v) is 8.67. The molecule has 0 saturated heterocycles. The number of hydrogen-bond donors (Lipinski definition) is 2. The van der Waals surface area contributed by atoms with Crippen molar-refractivity contribution in [3.8, 4) is 11.5 Å². The fourth-order valence-corrected chi connectivity index (χ4v) is 2.47. The lowest BCUT2D eigenvalue weighted by Gasteiger charge is -2.09. The van der Waals surface area contributed by atoms with Crippen LogP contribution in [0.1, 0.15) is 10.4 Å². The number of methoxy groups -OCH3 is 1. The number of rotatable bonds is 7. The zero-order valence-corrected chi connectivity index (χ0v) is 15.3. The van der Waals surface area contributed by atoms with Crippen LogP contribution >= 0.6 is 0 Å². The van der Waals surface area contributed by atoms with Gasteiger partial charge in [0.15, 0.2) is 6.61 Å². The maximum absolute atomic E-state index is 12.2. The normalized spacial score (nSPS) is 10.0. The molecule has 0 atom stereocenters. The first-order valence-electron chi connectivity index (χ1n) is 8.67. The van der Waals surface area contributed by atoms with Gasteiger partial charge in [-0.25, -0.2) is 0 Å². The van der Waals surface area contributed by atoms with Crippen LogP contribution in [0.3, 0.4) is 0 Å². The monoisotopic (exact) mass is 376 g/mol. The standard InChI is InChI=1S/C22H20N2O4/c1-27-20-9-5-8-18(14-20)23-21(25)15-28-19-12-10-16(11-13-19)22(26)24-17-6-3-2-4-7-17/h2-14H,15H2,1H3,(H,23,25)(H,24,26). The van der Waals surface area contributed by atoms with Crippen LogP contribution in [0, 0.1) is 0 Å². The minimum absolute atomic E-state index is 0.146. The van der Waals surface area contributed by atoms with Gasteiger partial charge in [0, 0.05) is 23.0 Å². The van der Waals surface area contributed by atoms with Crippen LogP contribution in [0.25, 0.3) is 0 Å². The average Bonchev–Trinajstić information content (AvgIpc) is 2.73. The molecule has 0 heterocycles. The molecule has 0 bridgehead atoms. The Hall–Kier alpha value is -3.80. The number of anilines is 2. The Morgan fingerprint density at radius 1 is 0.786 bits per heavy atom. The lowest BCUT2D eigenvalue weighted by molar-refractivity contribution is -0.118. The van der Waals surface area contributed by atoms with E-state index in [1.807, 2.05) is 30.3 Å². The van der Waals surface area contributed by atoms with Crippen molar-refractivity contribution >= 4 is 23.2 Å². The van der Waals surface area contributed by atoms with Crippen LogP contribution in [0.4, 0.5) is 11.4 Å². The summed E-state index contributed by atoms with van der Waals surface area (Å²) in [5.41, 5.74) is 1.85. The third-order valence-electron chi connectivity index (χ3n) is 3.87. The maximum Gasteiger partial charge on any atom is 0.262 e. The molecule has 142 valence electrons. The summed E-state index contributed by atoms with van der Waals surface area (Å²) in [6.07, 6.45) is 0. The highest BCUT2D eigenvalue weighted by Crippen LogP contribution is 2.17. The van der Waals surface area contributed by atoms with Gasteiger partial charge in [-0.3, -0.25) is 9.59 Å². The number of hydrogen-bond acceptors (Lipinski definition) is 4. The van der Waals surface area contributed by atoms with Crippen molar-refractivity contribution in [1.29, 1.82) is 0 Å². The molecule has 0 unspecified atom stereocenters. The topological polar surface area (TPSA) is 76.7 Å². The molecule has 0 radical (unpaired) electrons. The van der Waals surface area contributed by atoms with Gasteiger partial charge in [0.2, 0.25) is 0 Å². The lowest BCUT2D eigenvalue weighted by atomic mass is 10.2. The predicted octanol–water partition coefficient (Wildman–Crippen LogP) is 3.97. The number of carbonyl (C=O) groups excluding carboxylic acids is 2. The maximum atomic E-state index is 12.2. The second-order valence-electron chi connectivity index (χ2n) is 5.91. The number of nitrogens with one attached hydrogen (secondary N) is 2. The molecule has 6 heteroatoms. The number of ether oxygens (including phenoxy) is 2. The minimum Gasteiger partial charge on any atom is -0.497 e. The average molecular weight is 376 g/mol. The van der Waals surface area contributed by atoms with E-state index >= 15 is 0 Å². The molecule has 0 aliphatic carbocycles. The quantitative estimate of drug-likeness (QED) is 0.654. The zero-order chi connectivity index (χ0) is 19.8. The molecule has 2 N–H and O–H groups in total. The highest BCUT2D eigenvalue weighted by molar-refractivity contribution is 6.04. The Kier molecular flexibility index (Phi) is 6.25. The van der Waals surface area contributed by atoms with Crippen molar-refractivity contribution in [3.05, 3.63) is 84.4 Å². The Morgan fingerprint density at radius 2 is 1.50 bits per heavy atom. The number of amides is 2. The minimum atomic E-state index is -0.292. The van der Waals surface area contributed by atoms with Crippen LogP contribution in [-0.2, 0) is 4.79 Å². The number of benzene rings is 3. The Morgan fingerprint density at radius 3 is 2.21 bits per heavy atom. The van der Waals surface area contributed by atoms with E-state index in [1.54, 1.807) is 55.6 Å². The molecule has 28 heavy (non-hydrogen) atoms. The van der Waals surface area contributed by atoms with Gasteiger partial charge >= 0.3 is 0 Å². The van der Waals surface area contributed by atoms with Crippen molar-refractivity contribution in [1.82, 2.24) is 0 Å². The molecular formula is C22H20N2O4. The number of carbonyl (C=O) groups is 2. The van der Waals surface area contributed by atoms with E-state index in [0.29, 0.717) is 22.7 Å². The molecule has 6 nitrogen and oxygen atoms in total. The van der Waals surface area contributed by atoms with E-state index in [9.17, 15) is 9.59 Å². The SMILES string of the molecule is COc1cccc(NC(=O)COc2ccc(C(=O)Nc3ccccc3)cc2)c1. The summed E-state index contributed by atoms with van der Waals surface area (Å²) in [5, 5.41) is 5.55. The highest BCUT2D eigenvalue weighted by Gasteiger charge is 2.08. The van der Waals surface area contributed by atoms with Crippen LogP contribution in [0.5, 0.6) is 11.5 Å². The summed E-state index contributed by atoms with van der Waals surface area (Å²) >= 11 is 0. The van der Waals surface area contributed by atoms with Crippen molar-refractivity contribution in [2.45, 2.75) is 0 Å². The van der Waals surface area contributed by atoms with Crippen molar-refractivity contribution in [2.75, 3.05) is 24.4 Å². The lowest BCUT2D eigenvalue weighted by Crippen LogP contribution is -2.20. The zero-order valence-electron chi connectivity index (χ0n) is 15.3. The van der Waals surface area contributed by atoms with Gasteiger partial charge in [0.1, 0.15) is 11.5 Å². The molecule has 0 aromatic heterocycles. The summed E-state index contributed by atoms with van der Waals surface area (Å²) in [5.74, 6) is 0.646. The summed E-state index contributed by atoms with van der Waals surface area (Å²) in [6.45, 7) is -0.146. The van der Waals surface area contributed by atoms with Crippen molar-refractivity contribution < 1.29 is 19.1 Å². The molecule has 0 aliphatic rings. The van der Waals surface area contributed by atoms with E-state index < -0.39 is 0 Å². The summed E-state index contributed by atoms with van der Waals surface area (Å²) in [4.78, 5) is 24.2. The third-order valence-corrected chi connectivity index (χ3v) is 3.87. The first-order chi connectivity index (χ1) is 13.6. The molecule has 0 fully saturated rings. The second-order valence-corrected chi connectivity index (χ2v) is 5.91. The van der Waals surface area contributed by atoms with Gasteiger partial charge in [0.25, 0.3) is 11.8 Å². The Labute approximate surface area is 163 Å². The van der Waals surface area contributed by atoms with Gasteiger partial charge in [-0.05, 0) is 48.5 Å². The van der Waals surface area contributed by atoms with Gasteiger partial charge in [0.05, 0.1) is 7.11 Å².